The highest BCUT2D eigenvalue weighted by atomic mass is 15.3. The van der Waals surface area contributed by atoms with Crippen molar-refractivity contribution in [1.29, 1.82) is 0 Å². The Hall–Kier alpha value is -1.16. The van der Waals surface area contributed by atoms with Crippen LogP contribution in [0.5, 0.6) is 0 Å². The summed E-state index contributed by atoms with van der Waals surface area (Å²) in [5.41, 5.74) is 5.96. The topological polar surface area (TPSA) is 55.0 Å². The molecular formula is C13H22N4. The van der Waals surface area contributed by atoms with Crippen molar-refractivity contribution < 1.29 is 0 Å². The van der Waals surface area contributed by atoms with Gasteiger partial charge in [-0.1, -0.05) is 6.92 Å². The molecular weight excluding hydrogens is 212 g/mol. The number of hydrogen-bond donors (Lipinski definition) is 1. The van der Waals surface area contributed by atoms with Crippen LogP contribution in [0.2, 0.25) is 0 Å². The summed E-state index contributed by atoms with van der Waals surface area (Å²) in [5.74, 6) is 0.870. The van der Waals surface area contributed by atoms with Gasteiger partial charge in [0, 0.05) is 31.0 Å². The summed E-state index contributed by atoms with van der Waals surface area (Å²) in [6, 6.07) is 2.83. The van der Waals surface area contributed by atoms with Gasteiger partial charge < -0.3 is 10.6 Å². The minimum absolute atomic E-state index is 0.395. The van der Waals surface area contributed by atoms with Gasteiger partial charge in [0.15, 0.2) is 0 Å². The first-order valence-electron chi connectivity index (χ1n) is 6.60. The average Bonchev–Trinajstić information content (AvgIpc) is 2.38. The normalized spacial score (nSPS) is 24.6. The molecule has 0 amide bonds. The van der Waals surface area contributed by atoms with E-state index in [-0.39, 0.29) is 0 Å². The molecule has 0 bridgehead atoms. The first kappa shape index (κ1) is 12.3. The molecule has 0 radical (unpaired) electrons. The summed E-state index contributed by atoms with van der Waals surface area (Å²) in [6.07, 6.45) is 9.34. The highest BCUT2D eigenvalue weighted by Crippen LogP contribution is 2.24. The molecule has 4 nitrogen and oxygen atoms in total. The average molecular weight is 234 g/mol. The molecule has 0 atom stereocenters. The van der Waals surface area contributed by atoms with Crippen molar-refractivity contribution in [2.24, 2.45) is 5.73 Å². The summed E-state index contributed by atoms with van der Waals surface area (Å²) in [4.78, 5) is 11.1. The third kappa shape index (κ3) is 3.16. The molecule has 1 aromatic heterocycles. The second-order valence-electron chi connectivity index (χ2n) is 4.81. The molecule has 2 N–H and O–H groups in total. The number of aromatic nitrogens is 2. The van der Waals surface area contributed by atoms with Crippen molar-refractivity contribution in [2.45, 2.75) is 51.1 Å². The Morgan fingerprint density at radius 3 is 2.47 bits per heavy atom. The lowest BCUT2D eigenvalue weighted by Crippen LogP contribution is -2.42. The van der Waals surface area contributed by atoms with Crippen LogP contribution in [0.3, 0.4) is 0 Å². The van der Waals surface area contributed by atoms with Crippen LogP contribution in [0.25, 0.3) is 0 Å². The van der Waals surface area contributed by atoms with E-state index in [4.69, 9.17) is 5.73 Å². The van der Waals surface area contributed by atoms with Gasteiger partial charge in [-0.05, 0) is 38.2 Å². The second-order valence-corrected chi connectivity index (χ2v) is 4.81. The summed E-state index contributed by atoms with van der Waals surface area (Å²) in [7, 11) is 0. The summed E-state index contributed by atoms with van der Waals surface area (Å²) in [6.45, 7) is 3.23. The van der Waals surface area contributed by atoms with Gasteiger partial charge in [0.1, 0.15) is 0 Å². The Morgan fingerprint density at radius 1 is 1.24 bits per heavy atom. The highest BCUT2D eigenvalue weighted by Gasteiger charge is 2.25. The molecule has 0 aliphatic heterocycles. The monoisotopic (exact) mass is 234 g/mol. The van der Waals surface area contributed by atoms with Crippen molar-refractivity contribution >= 4 is 5.95 Å². The van der Waals surface area contributed by atoms with Gasteiger partial charge in [0.2, 0.25) is 5.95 Å². The third-order valence-electron chi connectivity index (χ3n) is 3.46. The van der Waals surface area contributed by atoms with Crippen LogP contribution < -0.4 is 10.6 Å². The van der Waals surface area contributed by atoms with E-state index in [1.807, 2.05) is 18.5 Å². The molecule has 1 heterocycles. The van der Waals surface area contributed by atoms with Crippen LogP contribution in [-0.4, -0.2) is 28.6 Å². The zero-order valence-corrected chi connectivity index (χ0v) is 10.5. The smallest absolute Gasteiger partial charge is 0.225 e. The van der Waals surface area contributed by atoms with Crippen molar-refractivity contribution in [2.75, 3.05) is 11.4 Å². The molecule has 94 valence electrons. The predicted molar refractivity (Wildman–Crippen MR) is 69.9 cm³/mol. The molecule has 1 aliphatic rings. The van der Waals surface area contributed by atoms with Gasteiger partial charge in [-0.15, -0.1) is 0 Å². The maximum Gasteiger partial charge on any atom is 0.225 e. The van der Waals surface area contributed by atoms with E-state index in [1.165, 1.54) is 12.8 Å². The van der Waals surface area contributed by atoms with Crippen LogP contribution in [0.4, 0.5) is 5.95 Å². The molecule has 0 unspecified atom stereocenters. The Kier molecular flexibility index (Phi) is 4.31. The summed E-state index contributed by atoms with van der Waals surface area (Å²) in [5, 5.41) is 0. The molecule has 0 saturated heterocycles. The number of nitrogens with zero attached hydrogens (tertiary/aromatic N) is 3. The molecule has 17 heavy (non-hydrogen) atoms. The molecule has 1 aliphatic carbocycles. The summed E-state index contributed by atoms with van der Waals surface area (Å²) < 4.78 is 0. The Balaban J connectivity index is 2.07. The minimum Gasteiger partial charge on any atom is -0.338 e. The number of rotatable bonds is 4. The van der Waals surface area contributed by atoms with Gasteiger partial charge in [-0.3, -0.25) is 0 Å². The Morgan fingerprint density at radius 2 is 1.88 bits per heavy atom. The molecule has 1 saturated carbocycles. The first-order valence-corrected chi connectivity index (χ1v) is 6.60. The number of hydrogen-bond acceptors (Lipinski definition) is 4. The van der Waals surface area contributed by atoms with Crippen molar-refractivity contribution in [3.05, 3.63) is 18.5 Å². The number of anilines is 1. The maximum atomic E-state index is 5.96. The zero-order chi connectivity index (χ0) is 12.1. The lowest BCUT2D eigenvalue weighted by Gasteiger charge is -2.35. The van der Waals surface area contributed by atoms with Crippen LogP contribution in [0.15, 0.2) is 18.5 Å². The SMILES string of the molecule is CCCN(c1ncccn1)C1CCC(N)CC1. The molecule has 0 aromatic carbocycles. The van der Waals surface area contributed by atoms with Crippen LogP contribution in [0.1, 0.15) is 39.0 Å². The lowest BCUT2D eigenvalue weighted by atomic mass is 9.91. The fourth-order valence-corrected chi connectivity index (χ4v) is 2.54. The van der Waals surface area contributed by atoms with Crippen molar-refractivity contribution in [3.63, 3.8) is 0 Å². The largest absolute Gasteiger partial charge is 0.338 e. The standard InChI is InChI=1S/C13H22N4/c1-2-10-17(13-15-8-3-9-16-13)12-6-4-11(14)5-7-12/h3,8-9,11-12H,2,4-7,10,14H2,1H3. The minimum atomic E-state index is 0.395. The fourth-order valence-electron chi connectivity index (χ4n) is 2.54. The van der Waals surface area contributed by atoms with Crippen molar-refractivity contribution in [1.82, 2.24) is 9.97 Å². The van der Waals surface area contributed by atoms with E-state index in [9.17, 15) is 0 Å². The van der Waals surface area contributed by atoms with Crippen LogP contribution >= 0.6 is 0 Å². The van der Waals surface area contributed by atoms with E-state index >= 15 is 0 Å². The van der Waals surface area contributed by atoms with E-state index in [0.29, 0.717) is 12.1 Å². The van der Waals surface area contributed by atoms with E-state index in [1.54, 1.807) is 0 Å². The maximum absolute atomic E-state index is 5.96. The quantitative estimate of drug-likeness (QED) is 0.865. The fraction of sp³-hybridized carbons (Fsp3) is 0.692. The third-order valence-corrected chi connectivity index (χ3v) is 3.46. The highest BCUT2D eigenvalue weighted by molar-refractivity contribution is 5.30. The summed E-state index contributed by atoms with van der Waals surface area (Å²) >= 11 is 0. The van der Waals surface area contributed by atoms with Gasteiger partial charge in [-0.2, -0.15) is 0 Å². The zero-order valence-electron chi connectivity index (χ0n) is 10.5. The van der Waals surface area contributed by atoms with Gasteiger partial charge >= 0.3 is 0 Å². The lowest BCUT2D eigenvalue weighted by molar-refractivity contribution is 0.372. The molecule has 4 heteroatoms. The first-order chi connectivity index (χ1) is 8.31. The van der Waals surface area contributed by atoms with E-state index in [0.717, 1.165) is 31.8 Å². The predicted octanol–water partition coefficient (Wildman–Crippen LogP) is 1.96. The van der Waals surface area contributed by atoms with Gasteiger partial charge in [0.05, 0.1) is 0 Å². The van der Waals surface area contributed by atoms with Crippen LogP contribution in [0, 0.1) is 0 Å². The molecule has 1 aromatic rings. The van der Waals surface area contributed by atoms with E-state index in [2.05, 4.69) is 21.8 Å². The molecule has 1 fully saturated rings. The Bertz CT molecular complexity index is 319. The number of nitrogens with two attached hydrogens (primary N) is 1. The van der Waals surface area contributed by atoms with E-state index < -0.39 is 0 Å². The molecule has 2 rings (SSSR count). The van der Waals surface area contributed by atoms with Crippen molar-refractivity contribution in [3.8, 4) is 0 Å². The van der Waals surface area contributed by atoms with Crippen LogP contribution in [-0.2, 0) is 0 Å². The molecule has 0 spiro atoms. The van der Waals surface area contributed by atoms with Gasteiger partial charge in [-0.25, -0.2) is 9.97 Å². The van der Waals surface area contributed by atoms with Gasteiger partial charge in [0.25, 0.3) is 0 Å². The second kappa shape index (κ2) is 5.96. The Labute approximate surface area is 103 Å².